The molecule has 0 unspecified atom stereocenters. The normalized spacial score (nSPS) is 13.5. The third-order valence-corrected chi connectivity index (χ3v) is 7.65. The average molecular weight is 687 g/mol. The van der Waals surface area contributed by atoms with Crippen LogP contribution in [0.5, 0.6) is 0 Å². The van der Waals surface area contributed by atoms with Crippen LogP contribution in [-0.4, -0.2) is 104 Å². The summed E-state index contributed by atoms with van der Waals surface area (Å²) in [6, 6.07) is 4.07. The first-order valence-corrected chi connectivity index (χ1v) is 16.4. The van der Waals surface area contributed by atoms with Gasteiger partial charge in [0.2, 0.25) is 17.7 Å². The fraction of sp³-hybridized carbons (Fsp3) is 0.545. The highest BCUT2D eigenvalue weighted by Crippen LogP contribution is 2.14. The van der Waals surface area contributed by atoms with E-state index in [9.17, 15) is 33.6 Å². The molecule has 270 valence electrons. The standard InChI is InChI=1S/C33H50N8O8/c1-22(2)29(39-26(42)10-6-5-7-19-41-27(43)15-16-28(41)44)31(46)38-25(9-8-17-36-32(34)47)30(45)37-24-13-11-23(12-14-24)21-49-33(48)40(4)20-18-35-3/h11-16,22,25,29,35H,5-10,17-21H2,1-4H3,(H,37,45)(H,38,46)(H,39,42)(H3,34,36,47)/t25-,29-/m0/s1. The zero-order valence-electron chi connectivity index (χ0n) is 28.7. The van der Waals surface area contributed by atoms with Crippen molar-refractivity contribution in [3.8, 4) is 0 Å². The van der Waals surface area contributed by atoms with E-state index in [1.54, 1.807) is 52.2 Å². The van der Waals surface area contributed by atoms with E-state index >= 15 is 0 Å². The van der Waals surface area contributed by atoms with Crippen molar-refractivity contribution in [1.82, 2.24) is 31.1 Å². The smallest absolute Gasteiger partial charge is 0.409 e. The molecule has 0 bridgehead atoms. The van der Waals surface area contributed by atoms with E-state index in [-0.39, 0.29) is 56.2 Å². The minimum atomic E-state index is -1.00. The van der Waals surface area contributed by atoms with Gasteiger partial charge in [-0.05, 0) is 56.3 Å². The number of ether oxygens (including phenoxy) is 1. The molecular formula is C33H50N8O8. The molecule has 8 amide bonds. The molecule has 1 aromatic rings. The van der Waals surface area contributed by atoms with Gasteiger partial charge in [0, 0.05) is 57.5 Å². The number of nitrogens with two attached hydrogens (primary N) is 1. The number of carbonyl (C=O) groups excluding carboxylic acids is 7. The lowest BCUT2D eigenvalue weighted by Gasteiger charge is -2.25. The Hall–Kier alpha value is -4.99. The fourth-order valence-electron chi connectivity index (χ4n) is 4.75. The molecule has 0 saturated carbocycles. The molecule has 2 atom stereocenters. The van der Waals surface area contributed by atoms with Gasteiger partial charge in [-0.15, -0.1) is 0 Å². The van der Waals surface area contributed by atoms with Crippen LogP contribution >= 0.6 is 0 Å². The van der Waals surface area contributed by atoms with Crippen LogP contribution in [0.1, 0.15) is 57.9 Å². The van der Waals surface area contributed by atoms with Crippen molar-refractivity contribution in [3.63, 3.8) is 0 Å². The van der Waals surface area contributed by atoms with Gasteiger partial charge in [-0.3, -0.25) is 28.9 Å². The van der Waals surface area contributed by atoms with E-state index in [2.05, 4.69) is 26.6 Å². The third-order valence-electron chi connectivity index (χ3n) is 7.65. The number of anilines is 1. The molecule has 0 aliphatic carbocycles. The van der Waals surface area contributed by atoms with Crippen molar-refractivity contribution in [2.45, 2.75) is 71.1 Å². The summed E-state index contributed by atoms with van der Waals surface area (Å²) in [6.07, 6.45) is 4.28. The van der Waals surface area contributed by atoms with E-state index in [1.807, 2.05) is 0 Å². The second-order valence-corrected chi connectivity index (χ2v) is 12.0. The van der Waals surface area contributed by atoms with E-state index in [4.69, 9.17) is 10.5 Å². The average Bonchev–Trinajstić information content (AvgIpc) is 3.38. The van der Waals surface area contributed by atoms with Crippen LogP contribution in [0, 0.1) is 5.92 Å². The molecule has 0 fully saturated rings. The third kappa shape index (κ3) is 14.8. The maximum Gasteiger partial charge on any atom is 0.409 e. The Morgan fingerprint density at radius 3 is 2.18 bits per heavy atom. The maximum atomic E-state index is 13.4. The first-order valence-electron chi connectivity index (χ1n) is 16.4. The van der Waals surface area contributed by atoms with E-state index in [1.165, 1.54) is 17.1 Å². The molecule has 1 aromatic carbocycles. The van der Waals surface area contributed by atoms with Crippen LogP contribution in [0.15, 0.2) is 36.4 Å². The number of primary amides is 1. The molecule has 16 nitrogen and oxygen atoms in total. The number of rotatable bonds is 21. The molecule has 7 N–H and O–H groups in total. The summed E-state index contributed by atoms with van der Waals surface area (Å²) in [4.78, 5) is 88.6. The molecule has 2 rings (SSSR count). The van der Waals surface area contributed by atoms with Crippen LogP contribution in [0.2, 0.25) is 0 Å². The second kappa shape index (κ2) is 21.1. The van der Waals surface area contributed by atoms with Gasteiger partial charge in [-0.2, -0.15) is 0 Å². The molecule has 1 heterocycles. The number of hydrogen-bond donors (Lipinski definition) is 6. The first kappa shape index (κ1) is 40.2. The summed E-state index contributed by atoms with van der Waals surface area (Å²) in [5.74, 6) is -2.37. The molecule has 1 aliphatic rings. The zero-order chi connectivity index (χ0) is 36.3. The lowest BCUT2D eigenvalue weighted by Crippen LogP contribution is -2.54. The van der Waals surface area contributed by atoms with Crippen molar-refractivity contribution in [2.75, 3.05) is 45.6 Å². The predicted molar refractivity (Wildman–Crippen MR) is 182 cm³/mol. The van der Waals surface area contributed by atoms with Crippen molar-refractivity contribution in [3.05, 3.63) is 42.0 Å². The van der Waals surface area contributed by atoms with Gasteiger partial charge < -0.3 is 42.0 Å². The van der Waals surface area contributed by atoms with Crippen LogP contribution in [0.25, 0.3) is 0 Å². The largest absolute Gasteiger partial charge is 0.445 e. The zero-order valence-corrected chi connectivity index (χ0v) is 28.7. The lowest BCUT2D eigenvalue weighted by atomic mass is 10.0. The topological polar surface area (TPSA) is 221 Å². The summed E-state index contributed by atoms with van der Waals surface area (Å²) in [7, 11) is 3.43. The van der Waals surface area contributed by atoms with Gasteiger partial charge in [-0.1, -0.05) is 32.4 Å². The maximum absolute atomic E-state index is 13.4. The van der Waals surface area contributed by atoms with E-state index < -0.39 is 36.0 Å². The number of unbranched alkanes of at least 4 members (excludes halogenated alkanes) is 2. The Bertz CT molecular complexity index is 1320. The Labute approximate surface area is 286 Å². The number of amides is 8. The molecular weight excluding hydrogens is 636 g/mol. The van der Waals surface area contributed by atoms with Gasteiger partial charge in [0.1, 0.15) is 18.7 Å². The van der Waals surface area contributed by atoms with E-state index in [0.717, 1.165) is 4.90 Å². The highest BCUT2D eigenvalue weighted by Gasteiger charge is 2.29. The highest BCUT2D eigenvalue weighted by atomic mass is 16.6. The predicted octanol–water partition coefficient (Wildman–Crippen LogP) is 0.972. The molecule has 1 aliphatic heterocycles. The summed E-state index contributed by atoms with van der Waals surface area (Å²) < 4.78 is 5.32. The monoisotopic (exact) mass is 686 g/mol. The summed E-state index contributed by atoms with van der Waals surface area (Å²) in [6.45, 7) is 5.17. The molecule has 0 spiro atoms. The molecule has 0 aromatic heterocycles. The number of benzene rings is 1. The molecule has 0 saturated heterocycles. The van der Waals surface area contributed by atoms with Crippen LogP contribution in [0.4, 0.5) is 15.3 Å². The van der Waals surface area contributed by atoms with Gasteiger partial charge in [-0.25, -0.2) is 9.59 Å². The van der Waals surface area contributed by atoms with Crippen LogP contribution < -0.4 is 32.3 Å². The molecule has 0 radical (unpaired) electrons. The number of likely N-dealkylation sites (N-methyl/N-ethyl adjacent to an activating group) is 2. The lowest BCUT2D eigenvalue weighted by molar-refractivity contribution is -0.137. The van der Waals surface area contributed by atoms with Gasteiger partial charge >= 0.3 is 12.1 Å². The van der Waals surface area contributed by atoms with Crippen LogP contribution in [0.3, 0.4) is 0 Å². The second-order valence-electron chi connectivity index (χ2n) is 12.0. The SMILES string of the molecule is CNCCN(C)C(=O)OCc1ccc(NC(=O)[C@H](CCCNC(N)=O)NC(=O)[C@@H](NC(=O)CCCCCN2C(=O)C=CC2=O)C(C)C)cc1. The van der Waals surface area contributed by atoms with Gasteiger partial charge in [0.15, 0.2) is 0 Å². The number of urea groups is 1. The number of nitrogens with zero attached hydrogens (tertiary/aromatic N) is 2. The van der Waals surface area contributed by atoms with Crippen molar-refractivity contribution in [1.29, 1.82) is 0 Å². The Kier molecular flexibility index (Phi) is 17.3. The molecule has 49 heavy (non-hydrogen) atoms. The van der Waals surface area contributed by atoms with Gasteiger partial charge in [0.25, 0.3) is 11.8 Å². The summed E-state index contributed by atoms with van der Waals surface area (Å²) in [5, 5.41) is 13.7. The first-order chi connectivity index (χ1) is 23.3. The summed E-state index contributed by atoms with van der Waals surface area (Å²) in [5.41, 5.74) is 6.30. The van der Waals surface area contributed by atoms with Gasteiger partial charge in [0.05, 0.1) is 0 Å². The Balaban J connectivity index is 1.94. The number of hydrogen-bond acceptors (Lipinski definition) is 9. The van der Waals surface area contributed by atoms with Crippen LogP contribution in [-0.2, 0) is 35.3 Å². The Morgan fingerprint density at radius 2 is 1.57 bits per heavy atom. The minimum Gasteiger partial charge on any atom is -0.445 e. The van der Waals surface area contributed by atoms with Crippen molar-refractivity contribution >= 4 is 47.3 Å². The summed E-state index contributed by atoms with van der Waals surface area (Å²) >= 11 is 0. The van der Waals surface area contributed by atoms with E-state index in [0.29, 0.717) is 50.0 Å². The molecule has 16 heteroatoms. The highest BCUT2D eigenvalue weighted by molar-refractivity contribution is 6.12. The number of nitrogens with one attached hydrogen (secondary N) is 5. The fourth-order valence-corrected chi connectivity index (χ4v) is 4.75. The quantitative estimate of drug-likeness (QED) is 0.0800. The van der Waals surface area contributed by atoms with Crippen molar-refractivity contribution in [2.24, 2.45) is 11.7 Å². The number of imide groups is 1. The number of carbonyl (C=O) groups is 7. The minimum absolute atomic E-state index is 0.0448. The Morgan fingerprint density at radius 1 is 0.898 bits per heavy atom. The van der Waals surface area contributed by atoms with Crippen molar-refractivity contribution < 1.29 is 38.3 Å².